The normalized spacial score (nSPS) is 10.2. The number of aromatic nitrogens is 1. The maximum absolute atomic E-state index is 10.7. The minimum absolute atomic E-state index is 0.0858. The molecule has 0 unspecified atom stereocenters. The standard InChI is InChI=1S/C12H8BrClN2O4/c1-19-11-5-8(16(17)18)2-3-10(11)20-12-9(13)4-7(14)6-15-12/h2-6H,1H3. The maximum Gasteiger partial charge on any atom is 0.273 e. The Morgan fingerprint density at radius 1 is 1.35 bits per heavy atom. The van der Waals surface area contributed by atoms with Crippen molar-refractivity contribution in [3.8, 4) is 17.4 Å². The third kappa shape index (κ3) is 3.17. The highest BCUT2D eigenvalue weighted by molar-refractivity contribution is 9.10. The first-order chi connectivity index (χ1) is 9.51. The molecule has 0 aliphatic heterocycles. The van der Waals surface area contributed by atoms with E-state index in [4.69, 9.17) is 21.1 Å². The van der Waals surface area contributed by atoms with Gasteiger partial charge in [0.25, 0.3) is 5.69 Å². The maximum atomic E-state index is 10.7. The fourth-order valence-corrected chi connectivity index (χ4v) is 2.16. The molecule has 0 radical (unpaired) electrons. The molecule has 0 aliphatic carbocycles. The molecule has 1 heterocycles. The third-order valence-corrected chi connectivity index (χ3v) is 3.11. The number of pyridine rings is 1. The molecule has 104 valence electrons. The predicted molar refractivity (Wildman–Crippen MR) is 76.7 cm³/mol. The molecule has 8 heteroatoms. The van der Waals surface area contributed by atoms with Crippen LogP contribution >= 0.6 is 27.5 Å². The van der Waals surface area contributed by atoms with Crippen molar-refractivity contribution >= 4 is 33.2 Å². The van der Waals surface area contributed by atoms with E-state index in [2.05, 4.69) is 20.9 Å². The number of non-ortho nitro benzene ring substituents is 1. The molecule has 6 nitrogen and oxygen atoms in total. The van der Waals surface area contributed by atoms with Crippen molar-refractivity contribution in [2.24, 2.45) is 0 Å². The second-order valence-electron chi connectivity index (χ2n) is 3.63. The minimum Gasteiger partial charge on any atom is -0.493 e. The molecule has 0 atom stereocenters. The second kappa shape index (κ2) is 6.06. The Kier molecular flexibility index (Phi) is 4.41. The number of methoxy groups -OCH3 is 1. The average Bonchev–Trinajstić information content (AvgIpc) is 2.42. The van der Waals surface area contributed by atoms with Gasteiger partial charge in [0.15, 0.2) is 11.5 Å². The fourth-order valence-electron chi connectivity index (χ4n) is 1.44. The van der Waals surface area contributed by atoms with Crippen LogP contribution in [0.25, 0.3) is 0 Å². The van der Waals surface area contributed by atoms with Gasteiger partial charge in [0.1, 0.15) is 0 Å². The molecule has 0 saturated heterocycles. The van der Waals surface area contributed by atoms with Gasteiger partial charge in [0.2, 0.25) is 5.88 Å². The lowest BCUT2D eigenvalue weighted by Gasteiger charge is -2.10. The summed E-state index contributed by atoms with van der Waals surface area (Å²) in [6.07, 6.45) is 1.43. The Hall–Kier alpha value is -1.86. The number of hydrogen-bond acceptors (Lipinski definition) is 5. The number of nitro benzene ring substituents is 1. The van der Waals surface area contributed by atoms with E-state index in [1.165, 1.54) is 31.5 Å². The third-order valence-electron chi connectivity index (χ3n) is 2.34. The van der Waals surface area contributed by atoms with Crippen molar-refractivity contribution in [3.05, 3.63) is 50.1 Å². The zero-order chi connectivity index (χ0) is 14.7. The smallest absolute Gasteiger partial charge is 0.273 e. The van der Waals surface area contributed by atoms with Crippen LogP contribution in [0.2, 0.25) is 5.02 Å². The molecule has 0 bridgehead atoms. The van der Waals surface area contributed by atoms with Gasteiger partial charge in [0, 0.05) is 12.3 Å². The Bertz CT molecular complexity index is 666. The second-order valence-corrected chi connectivity index (χ2v) is 4.93. The van der Waals surface area contributed by atoms with E-state index < -0.39 is 4.92 Å². The van der Waals surface area contributed by atoms with Gasteiger partial charge in [0.05, 0.1) is 27.6 Å². The van der Waals surface area contributed by atoms with E-state index in [1.807, 2.05) is 0 Å². The van der Waals surface area contributed by atoms with Crippen molar-refractivity contribution in [1.29, 1.82) is 0 Å². The molecular weight excluding hydrogens is 351 g/mol. The van der Waals surface area contributed by atoms with Crippen molar-refractivity contribution in [3.63, 3.8) is 0 Å². The number of benzene rings is 1. The van der Waals surface area contributed by atoms with E-state index in [1.54, 1.807) is 6.07 Å². The van der Waals surface area contributed by atoms with Crippen LogP contribution in [-0.4, -0.2) is 17.0 Å². The first-order valence-corrected chi connectivity index (χ1v) is 6.49. The summed E-state index contributed by atoms with van der Waals surface area (Å²) >= 11 is 9.05. The molecular formula is C12H8BrClN2O4. The van der Waals surface area contributed by atoms with E-state index in [0.717, 1.165) is 0 Å². The molecule has 2 rings (SSSR count). The lowest BCUT2D eigenvalue weighted by Crippen LogP contribution is -1.95. The number of nitro groups is 1. The Morgan fingerprint density at radius 2 is 2.10 bits per heavy atom. The van der Waals surface area contributed by atoms with Crippen LogP contribution in [0.5, 0.6) is 17.4 Å². The zero-order valence-corrected chi connectivity index (χ0v) is 12.5. The summed E-state index contributed by atoms with van der Waals surface area (Å²) in [7, 11) is 1.40. The molecule has 0 fully saturated rings. The summed E-state index contributed by atoms with van der Waals surface area (Å²) in [6.45, 7) is 0. The van der Waals surface area contributed by atoms with E-state index in [9.17, 15) is 10.1 Å². The lowest BCUT2D eigenvalue weighted by molar-refractivity contribution is -0.384. The van der Waals surface area contributed by atoms with Crippen LogP contribution in [-0.2, 0) is 0 Å². The molecule has 0 N–H and O–H groups in total. The number of ether oxygens (including phenoxy) is 2. The van der Waals surface area contributed by atoms with Crippen LogP contribution in [0.3, 0.4) is 0 Å². The van der Waals surface area contributed by atoms with Gasteiger partial charge in [-0.25, -0.2) is 4.98 Å². The molecule has 1 aromatic carbocycles. The van der Waals surface area contributed by atoms with Gasteiger partial charge in [-0.1, -0.05) is 11.6 Å². The lowest BCUT2D eigenvalue weighted by atomic mass is 10.3. The Morgan fingerprint density at radius 3 is 2.70 bits per heavy atom. The summed E-state index contributed by atoms with van der Waals surface area (Å²) in [6, 6.07) is 5.67. The summed E-state index contributed by atoms with van der Waals surface area (Å²) in [4.78, 5) is 14.2. The van der Waals surface area contributed by atoms with Crippen LogP contribution in [0.15, 0.2) is 34.9 Å². The fraction of sp³-hybridized carbons (Fsp3) is 0.0833. The van der Waals surface area contributed by atoms with Crippen molar-refractivity contribution in [1.82, 2.24) is 4.98 Å². The van der Waals surface area contributed by atoms with Gasteiger partial charge >= 0.3 is 0 Å². The molecule has 0 saturated carbocycles. The van der Waals surface area contributed by atoms with Crippen LogP contribution in [0.4, 0.5) is 5.69 Å². The molecule has 0 aliphatic rings. The van der Waals surface area contributed by atoms with Gasteiger partial charge in [-0.2, -0.15) is 0 Å². The highest BCUT2D eigenvalue weighted by Crippen LogP contribution is 2.36. The number of nitrogens with zero attached hydrogens (tertiary/aromatic N) is 2. The van der Waals surface area contributed by atoms with E-state index in [0.29, 0.717) is 15.2 Å². The minimum atomic E-state index is -0.511. The average molecular weight is 360 g/mol. The highest BCUT2D eigenvalue weighted by atomic mass is 79.9. The SMILES string of the molecule is COc1cc([N+](=O)[O-])ccc1Oc1ncc(Cl)cc1Br. The van der Waals surface area contributed by atoms with E-state index in [-0.39, 0.29) is 17.3 Å². The first kappa shape index (κ1) is 14.5. The van der Waals surface area contributed by atoms with Crippen molar-refractivity contribution in [2.45, 2.75) is 0 Å². The zero-order valence-electron chi connectivity index (χ0n) is 10.2. The number of rotatable bonds is 4. The van der Waals surface area contributed by atoms with Crippen LogP contribution < -0.4 is 9.47 Å². The molecule has 0 spiro atoms. The summed E-state index contributed by atoms with van der Waals surface area (Å²) in [5.74, 6) is 0.832. The van der Waals surface area contributed by atoms with Gasteiger partial charge < -0.3 is 9.47 Å². The van der Waals surface area contributed by atoms with Gasteiger partial charge in [-0.05, 0) is 28.1 Å². The summed E-state index contributed by atoms with van der Waals surface area (Å²) < 4.78 is 11.2. The molecule has 20 heavy (non-hydrogen) atoms. The molecule has 0 amide bonds. The summed E-state index contributed by atoms with van der Waals surface area (Å²) in [5.41, 5.74) is -0.0858. The van der Waals surface area contributed by atoms with Crippen LogP contribution in [0, 0.1) is 10.1 Å². The van der Waals surface area contributed by atoms with Crippen molar-refractivity contribution < 1.29 is 14.4 Å². The van der Waals surface area contributed by atoms with Gasteiger partial charge in [-0.15, -0.1) is 0 Å². The molecule has 2 aromatic rings. The summed E-state index contributed by atoms with van der Waals surface area (Å²) in [5, 5.41) is 11.2. The highest BCUT2D eigenvalue weighted by Gasteiger charge is 2.14. The number of halogens is 2. The van der Waals surface area contributed by atoms with Crippen LogP contribution in [0.1, 0.15) is 0 Å². The monoisotopic (exact) mass is 358 g/mol. The Balaban J connectivity index is 2.35. The van der Waals surface area contributed by atoms with Crippen molar-refractivity contribution in [2.75, 3.05) is 7.11 Å². The Labute approximate surface area is 127 Å². The number of hydrogen-bond donors (Lipinski definition) is 0. The quantitative estimate of drug-likeness (QED) is 0.604. The molecule has 1 aromatic heterocycles. The first-order valence-electron chi connectivity index (χ1n) is 5.32. The predicted octanol–water partition coefficient (Wildman–Crippen LogP) is 4.21. The van der Waals surface area contributed by atoms with Gasteiger partial charge in [-0.3, -0.25) is 10.1 Å². The van der Waals surface area contributed by atoms with E-state index >= 15 is 0 Å². The topological polar surface area (TPSA) is 74.5 Å². The largest absolute Gasteiger partial charge is 0.493 e.